The number of nitro groups is 1. The van der Waals surface area contributed by atoms with Crippen molar-refractivity contribution >= 4 is 27.5 Å². The van der Waals surface area contributed by atoms with Crippen LogP contribution >= 0.6 is 15.9 Å². The van der Waals surface area contributed by atoms with Crippen molar-refractivity contribution in [2.75, 3.05) is 6.54 Å². The van der Waals surface area contributed by atoms with Crippen molar-refractivity contribution in [1.29, 1.82) is 0 Å². The lowest BCUT2D eigenvalue weighted by molar-refractivity contribution is -0.384. The molecule has 0 bridgehead atoms. The lowest BCUT2D eigenvalue weighted by atomic mass is 10.1. The van der Waals surface area contributed by atoms with Gasteiger partial charge in [0.1, 0.15) is 0 Å². The average molecular weight is 327 g/mol. The maximum atomic E-state index is 12.5. The number of hydrogen-bond donors (Lipinski definition) is 0. The summed E-state index contributed by atoms with van der Waals surface area (Å²) in [5, 5.41) is 10.8. The number of nitrogens with zero attached hydrogens (tertiary/aromatic N) is 2. The quantitative estimate of drug-likeness (QED) is 0.631. The van der Waals surface area contributed by atoms with Crippen LogP contribution in [0.3, 0.4) is 0 Å². The van der Waals surface area contributed by atoms with E-state index in [2.05, 4.69) is 22.9 Å². The summed E-state index contributed by atoms with van der Waals surface area (Å²) < 4.78 is 0.602. The van der Waals surface area contributed by atoms with Gasteiger partial charge in [-0.1, -0.05) is 6.92 Å². The van der Waals surface area contributed by atoms with E-state index in [0.29, 0.717) is 10.0 Å². The van der Waals surface area contributed by atoms with Crippen LogP contribution in [0.1, 0.15) is 36.5 Å². The molecule has 2 rings (SSSR count). The molecule has 1 fully saturated rings. The second-order valence-corrected chi connectivity index (χ2v) is 5.48. The Morgan fingerprint density at radius 2 is 2.32 bits per heavy atom. The van der Waals surface area contributed by atoms with Crippen LogP contribution in [0.15, 0.2) is 22.7 Å². The van der Waals surface area contributed by atoms with Crippen LogP contribution < -0.4 is 0 Å². The minimum Gasteiger partial charge on any atom is -0.336 e. The number of likely N-dealkylation sites (tertiary alicyclic amines) is 1. The molecule has 0 radical (unpaired) electrons. The molecule has 0 spiro atoms. The van der Waals surface area contributed by atoms with Crippen LogP contribution in [0, 0.1) is 10.1 Å². The van der Waals surface area contributed by atoms with Crippen LogP contribution in [-0.2, 0) is 0 Å². The van der Waals surface area contributed by atoms with E-state index in [9.17, 15) is 14.9 Å². The molecular formula is C13H15BrN2O3. The molecule has 1 amide bonds. The van der Waals surface area contributed by atoms with Crippen molar-refractivity contribution < 1.29 is 9.72 Å². The van der Waals surface area contributed by atoms with E-state index in [4.69, 9.17) is 0 Å². The third-order valence-corrected chi connectivity index (χ3v) is 4.19. The fourth-order valence-electron chi connectivity index (χ4n) is 2.47. The SMILES string of the molecule is CCC1CCCN1C(=O)c1cc([N+](=O)[O-])ccc1Br. The molecule has 0 N–H and O–H groups in total. The van der Waals surface area contributed by atoms with Gasteiger partial charge in [0.25, 0.3) is 11.6 Å². The van der Waals surface area contributed by atoms with E-state index >= 15 is 0 Å². The Labute approximate surface area is 119 Å². The molecule has 1 atom stereocenters. The van der Waals surface area contributed by atoms with Crippen molar-refractivity contribution in [2.45, 2.75) is 32.2 Å². The fourth-order valence-corrected chi connectivity index (χ4v) is 2.89. The summed E-state index contributed by atoms with van der Waals surface area (Å²) >= 11 is 3.30. The minimum atomic E-state index is -0.482. The smallest absolute Gasteiger partial charge is 0.270 e. The minimum absolute atomic E-state index is 0.0567. The van der Waals surface area contributed by atoms with E-state index in [1.54, 1.807) is 6.07 Å². The number of amides is 1. The second kappa shape index (κ2) is 5.69. The highest BCUT2D eigenvalue weighted by atomic mass is 79.9. The van der Waals surface area contributed by atoms with Crippen molar-refractivity contribution in [3.8, 4) is 0 Å². The van der Waals surface area contributed by atoms with Gasteiger partial charge in [-0.15, -0.1) is 0 Å². The lowest BCUT2D eigenvalue weighted by Gasteiger charge is -2.24. The Balaban J connectivity index is 2.32. The van der Waals surface area contributed by atoms with Gasteiger partial charge in [0.05, 0.1) is 10.5 Å². The number of halogens is 1. The third kappa shape index (κ3) is 2.78. The molecule has 5 nitrogen and oxygen atoms in total. The predicted octanol–water partition coefficient (Wildman–Crippen LogP) is 3.37. The van der Waals surface area contributed by atoms with Crippen LogP contribution in [0.4, 0.5) is 5.69 Å². The number of hydrogen-bond acceptors (Lipinski definition) is 3. The molecule has 1 unspecified atom stereocenters. The summed E-state index contributed by atoms with van der Waals surface area (Å²) in [6, 6.07) is 4.54. The Bertz CT molecular complexity index is 519. The molecule has 1 saturated heterocycles. The van der Waals surface area contributed by atoms with E-state index in [0.717, 1.165) is 25.8 Å². The number of benzene rings is 1. The van der Waals surface area contributed by atoms with Crippen molar-refractivity contribution in [2.24, 2.45) is 0 Å². The van der Waals surface area contributed by atoms with Crippen molar-refractivity contribution in [3.05, 3.63) is 38.3 Å². The Morgan fingerprint density at radius 3 is 2.95 bits per heavy atom. The maximum absolute atomic E-state index is 12.5. The highest BCUT2D eigenvalue weighted by Crippen LogP contribution is 2.28. The van der Waals surface area contributed by atoms with Crippen LogP contribution in [0.2, 0.25) is 0 Å². The number of carbonyl (C=O) groups excluding carboxylic acids is 1. The van der Waals surface area contributed by atoms with Gasteiger partial charge >= 0.3 is 0 Å². The highest BCUT2D eigenvalue weighted by Gasteiger charge is 2.29. The van der Waals surface area contributed by atoms with Crippen molar-refractivity contribution in [1.82, 2.24) is 4.90 Å². The molecule has 1 aromatic carbocycles. The fraction of sp³-hybridized carbons (Fsp3) is 0.462. The van der Waals surface area contributed by atoms with E-state index in [1.807, 2.05) is 4.90 Å². The first-order valence-corrected chi connectivity index (χ1v) is 7.08. The summed E-state index contributed by atoms with van der Waals surface area (Å²) in [6.45, 7) is 2.78. The molecule has 19 heavy (non-hydrogen) atoms. The Hall–Kier alpha value is -1.43. The number of non-ortho nitro benzene ring substituents is 1. The largest absolute Gasteiger partial charge is 0.336 e. The first-order valence-electron chi connectivity index (χ1n) is 6.29. The van der Waals surface area contributed by atoms with Crippen LogP contribution in [0.25, 0.3) is 0 Å². The Morgan fingerprint density at radius 1 is 1.58 bits per heavy atom. The molecule has 1 aliphatic heterocycles. The van der Waals surface area contributed by atoms with Gasteiger partial charge < -0.3 is 4.90 Å². The van der Waals surface area contributed by atoms with E-state index in [1.165, 1.54) is 12.1 Å². The zero-order valence-electron chi connectivity index (χ0n) is 10.6. The van der Waals surface area contributed by atoms with Gasteiger partial charge in [0.2, 0.25) is 0 Å². The molecule has 102 valence electrons. The van der Waals surface area contributed by atoms with Gasteiger partial charge in [-0.3, -0.25) is 14.9 Å². The standard InChI is InChI=1S/C13H15BrN2O3/c1-2-9-4-3-7-15(9)13(17)11-8-10(16(18)19)5-6-12(11)14/h5-6,8-9H,2-4,7H2,1H3. The molecule has 1 aromatic rings. The van der Waals surface area contributed by atoms with Crippen LogP contribution in [0.5, 0.6) is 0 Å². The molecule has 1 heterocycles. The van der Waals surface area contributed by atoms with E-state index < -0.39 is 4.92 Å². The average Bonchev–Trinajstić information content (AvgIpc) is 2.86. The van der Waals surface area contributed by atoms with Gasteiger partial charge in [0.15, 0.2) is 0 Å². The first kappa shape index (κ1) is 14.0. The number of rotatable bonds is 3. The summed E-state index contributed by atoms with van der Waals surface area (Å²) in [4.78, 5) is 24.6. The van der Waals surface area contributed by atoms with Gasteiger partial charge in [0, 0.05) is 29.2 Å². The predicted molar refractivity (Wildman–Crippen MR) is 75.1 cm³/mol. The topological polar surface area (TPSA) is 63.5 Å². The van der Waals surface area contributed by atoms with E-state index in [-0.39, 0.29) is 17.6 Å². The summed E-state index contributed by atoms with van der Waals surface area (Å²) in [6.07, 6.45) is 2.92. The summed E-state index contributed by atoms with van der Waals surface area (Å²) in [5.74, 6) is -0.125. The maximum Gasteiger partial charge on any atom is 0.270 e. The molecular weight excluding hydrogens is 312 g/mol. The van der Waals surface area contributed by atoms with Crippen LogP contribution in [-0.4, -0.2) is 28.3 Å². The number of nitro benzene ring substituents is 1. The Kier molecular flexibility index (Phi) is 4.19. The zero-order valence-corrected chi connectivity index (χ0v) is 12.2. The third-order valence-electron chi connectivity index (χ3n) is 3.50. The monoisotopic (exact) mass is 326 g/mol. The second-order valence-electron chi connectivity index (χ2n) is 4.62. The lowest BCUT2D eigenvalue weighted by Crippen LogP contribution is -2.35. The molecule has 0 saturated carbocycles. The highest BCUT2D eigenvalue weighted by molar-refractivity contribution is 9.10. The van der Waals surface area contributed by atoms with Crippen molar-refractivity contribution in [3.63, 3.8) is 0 Å². The first-order chi connectivity index (χ1) is 9.04. The number of carbonyl (C=O) groups is 1. The molecule has 1 aliphatic rings. The normalized spacial score (nSPS) is 18.6. The zero-order chi connectivity index (χ0) is 14.0. The molecule has 6 heteroatoms. The molecule has 0 aliphatic carbocycles. The van der Waals surface area contributed by atoms with Gasteiger partial charge in [-0.2, -0.15) is 0 Å². The van der Waals surface area contributed by atoms with Gasteiger partial charge in [-0.05, 0) is 41.3 Å². The summed E-state index contributed by atoms with van der Waals surface area (Å²) in [7, 11) is 0. The molecule has 0 aromatic heterocycles. The van der Waals surface area contributed by atoms with Gasteiger partial charge in [-0.25, -0.2) is 0 Å². The summed E-state index contributed by atoms with van der Waals surface area (Å²) in [5.41, 5.74) is 0.313.